The zero-order valence-corrected chi connectivity index (χ0v) is 9.45. The van der Waals surface area contributed by atoms with Gasteiger partial charge in [0.15, 0.2) is 0 Å². The van der Waals surface area contributed by atoms with Gasteiger partial charge in [-0.2, -0.15) is 5.26 Å². The van der Waals surface area contributed by atoms with Crippen LogP contribution in [0.2, 0.25) is 0 Å². The Balaban J connectivity index is 2.87. The molecule has 70 valence electrons. The molecule has 1 aromatic heterocycles. The first-order chi connectivity index (χ1) is 6.76. The maximum atomic E-state index is 13.0. The van der Waals surface area contributed by atoms with Crippen LogP contribution < -0.4 is 0 Å². The van der Waals surface area contributed by atoms with Gasteiger partial charge < -0.3 is 0 Å². The first-order valence-electron chi connectivity index (χ1n) is 3.92. The molecule has 0 aliphatic rings. The lowest BCUT2D eigenvalue weighted by Crippen LogP contribution is -1.82. The van der Waals surface area contributed by atoms with E-state index in [0.717, 1.165) is 15.6 Å². The highest BCUT2D eigenvalue weighted by Gasteiger charge is 2.09. The molecule has 1 aromatic carbocycles. The number of alkyl halides is 1. The van der Waals surface area contributed by atoms with Crippen molar-refractivity contribution in [1.29, 1.82) is 5.26 Å². The van der Waals surface area contributed by atoms with E-state index in [4.69, 9.17) is 5.26 Å². The Bertz CT molecular complexity index is 527. The van der Waals surface area contributed by atoms with E-state index in [9.17, 15) is 4.39 Å². The van der Waals surface area contributed by atoms with Crippen LogP contribution in [0.3, 0.4) is 0 Å². The lowest BCUT2D eigenvalue weighted by Gasteiger charge is -1.97. The molecule has 0 spiro atoms. The fraction of sp³-hybridized carbons (Fsp3) is 0.100. The number of hydrogen-bond acceptors (Lipinski definition) is 2. The van der Waals surface area contributed by atoms with Gasteiger partial charge >= 0.3 is 0 Å². The van der Waals surface area contributed by atoms with Crippen molar-refractivity contribution in [2.24, 2.45) is 0 Å². The van der Waals surface area contributed by atoms with Crippen molar-refractivity contribution in [1.82, 2.24) is 0 Å². The molecule has 0 aliphatic carbocycles. The molecule has 0 aliphatic heterocycles. The normalized spacial score (nSPS) is 10.4. The van der Waals surface area contributed by atoms with Crippen LogP contribution in [0, 0.1) is 17.1 Å². The van der Waals surface area contributed by atoms with E-state index < -0.39 is 0 Å². The zero-order valence-electron chi connectivity index (χ0n) is 7.05. The standard InChI is InChI=1S/C10H5BrFNS/c11-3-7-5-14-9-2-8(12)1-6(4-13)10(7)9/h1-2,5H,3H2. The van der Waals surface area contributed by atoms with Crippen molar-refractivity contribution in [3.8, 4) is 6.07 Å². The van der Waals surface area contributed by atoms with Crippen molar-refractivity contribution in [3.05, 3.63) is 34.5 Å². The Morgan fingerprint density at radius 2 is 2.29 bits per heavy atom. The maximum Gasteiger partial charge on any atom is 0.125 e. The molecule has 0 fully saturated rings. The van der Waals surface area contributed by atoms with E-state index in [0.29, 0.717) is 10.9 Å². The monoisotopic (exact) mass is 269 g/mol. The number of fused-ring (bicyclic) bond motifs is 1. The summed E-state index contributed by atoms with van der Waals surface area (Å²) in [6.07, 6.45) is 0. The summed E-state index contributed by atoms with van der Waals surface area (Å²) in [6.45, 7) is 0. The fourth-order valence-corrected chi connectivity index (χ4v) is 3.05. The Morgan fingerprint density at radius 1 is 1.50 bits per heavy atom. The van der Waals surface area contributed by atoms with Crippen LogP contribution in [-0.2, 0) is 5.33 Å². The predicted molar refractivity (Wildman–Crippen MR) is 59.1 cm³/mol. The molecule has 1 heterocycles. The van der Waals surface area contributed by atoms with Crippen LogP contribution >= 0.6 is 27.3 Å². The third-order valence-corrected chi connectivity index (χ3v) is 3.56. The number of benzene rings is 1. The van der Waals surface area contributed by atoms with Gasteiger partial charge in [0.25, 0.3) is 0 Å². The molecule has 0 radical (unpaired) electrons. The smallest absolute Gasteiger partial charge is 0.125 e. The molecule has 0 amide bonds. The number of hydrogen-bond donors (Lipinski definition) is 0. The van der Waals surface area contributed by atoms with Gasteiger partial charge in [0.2, 0.25) is 0 Å². The highest BCUT2D eigenvalue weighted by molar-refractivity contribution is 9.08. The molecule has 0 saturated carbocycles. The van der Waals surface area contributed by atoms with Crippen molar-refractivity contribution in [3.63, 3.8) is 0 Å². The van der Waals surface area contributed by atoms with Gasteiger partial charge in [-0.25, -0.2) is 4.39 Å². The third kappa shape index (κ3) is 1.43. The molecule has 0 unspecified atom stereocenters. The predicted octanol–water partition coefficient (Wildman–Crippen LogP) is 3.81. The van der Waals surface area contributed by atoms with E-state index in [1.165, 1.54) is 23.5 Å². The molecule has 0 bridgehead atoms. The Labute approximate surface area is 92.9 Å². The van der Waals surface area contributed by atoms with Crippen LogP contribution in [0.25, 0.3) is 10.1 Å². The third-order valence-electron chi connectivity index (χ3n) is 1.98. The van der Waals surface area contributed by atoms with E-state index in [1.807, 2.05) is 11.4 Å². The van der Waals surface area contributed by atoms with Crippen molar-refractivity contribution < 1.29 is 4.39 Å². The van der Waals surface area contributed by atoms with E-state index in [1.54, 1.807) is 0 Å². The zero-order chi connectivity index (χ0) is 10.1. The average Bonchev–Trinajstić information content (AvgIpc) is 2.59. The van der Waals surface area contributed by atoms with Gasteiger partial charge in [-0.3, -0.25) is 0 Å². The minimum Gasteiger partial charge on any atom is -0.207 e. The topological polar surface area (TPSA) is 23.8 Å². The van der Waals surface area contributed by atoms with Gasteiger partial charge in [-0.1, -0.05) is 15.9 Å². The van der Waals surface area contributed by atoms with Crippen LogP contribution in [0.4, 0.5) is 4.39 Å². The van der Waals surface area contributed by atoms with Gasteiger partial charge in [0, 0.05) is 15.4 Å². The van der Waals surface area contributed by atoms with E-state index in [2.05, 4.69) is 15.9 Å². The second-order valence-corrected chi connectivity index (χ2v) is 4.30. The number of nitrogens with zero attached hydrogens (tertiary/aromatic N) is 1. The second kappa shape index (κ2) is 3.68. The summed E-state index contributed by atoms with van der Waals surface area (Å²) in [4.78, 5) is 0. The highest BCUT2D eigenvalue weighted by Crippen LogP contribution is 2.31. The van der Waals surface area contributed by atoms with Gasteiger partial charge in [-0.15, -0.1) is 11.3 Å². The summed E-state index contributed by atoms with van der Waals surface area (Å²) in [5, 5.41) is 12.4. The molecular formula is C10H5BrFNS. The Hall–Kier alpha value is -0.920. The molecule has 4 heteroatoms. The summed E-state index contributed by atoms with van der Waals surface area (Å²) in [5.74, 6) is -0.350. The van der Waals surface area contributed by atoms with Crippen molar-refractivity contribution in [2.45, 2.75) is 5.33 Å². The molecule has 1 nitrogen and oxygen atoms in total. The molecule has 0 N–H and O–H groups in total. The first kappa shape index (κ1) is 9.63. The highest BCUT2D eigenvalue weighted by atomic mass is 79.9. The van der Waals surface area contributed by atoms with Crippen LogP contribution in [-0.4, -0.2) is 0 Å². The molecule has 2 aromatic rings. The van der Waals surface area contributed by atoms with E-state index >= 15 is 0 Å². The number of nitriles is 1. The minimum atomic E-state index is -0.350. The maximum absolute atomic E-state index is 13.0. The summed E-state index contributed by atoms with van der Waals surface area (Å²) >= 11 is 4.80. The summed E-state index contributed by atoms with van der Waals surface area (Å²) < 4.78 is 13.9. The average molecular weight is 270 g/mol. The quantitative estimate of drug-likeness (QED) is 0.723. The van der Waals surface area contributed by atoms with Crippen LogP contribution in [0.5, 0.6) is 0 Å². The molecule has 0 saturated heterocycles. The van der Waals surface area contributed by atoms with Crippen LogP contribution in [0.1, 0.15) is 11.1 Å². The lowest BCUT2D eigenvalue weighted by molar-refractivity contribution is 0.629. The Morgan fingerprint density at radius 3 is 2.93 bits per heavy atom. The van der Waals surface area contributed by atoms with E-state index in [-0.39, 0.29) is 5.82 Å². The Kier molecular flexibility index (Phi) is 2.53. The molecule has 14 heavy (non-hydrogen) atoms. The first-order valence-corrected chi connectivity index (χ1v) is 5.92. The number of halogens is 2. The van der Waals surface area contributed by atoms with Gasteiger partial charge in [0.1, 0.15) is 5.82 Å². The fourth-order valence-electron chi connectivity index (χ4n) is 1.39. The minimum absolute atomic E-state index is 0.350. The summed E-state index contributed by atoms with van der Waals surface area (Å²) in [7, 11) is 0. The van der Waals surface area contributed by atoms with Gasteiger partial charge in [0.05, 0.1) is 11.6 Å². The van der Waals surface area contributed by atoms with Gasteiger partial charge in [-0.05, 0) is 23.1 Å². The molecular weight excluding hydrogens is 265 g/mol. The van der Waals surface area contributed by atoms with Crippen molar-refractivity contribution in [2.75, 3.05) is 0 Å². The number of thiophene rings is 1. The molecule has 0 atom stereocenters. The largest absolute Gasteiger partial charge is 0.207 e. The van der Waals surface area contributed by atoms with Crippen molar-refractivity contribution >= 4 is 37.4 Å². The number of rotatable bonds is 1. The molecule has 2 rings (SSSR count). The summed E-state index contributed by atoms with van der Waals surface area (Å²) in [6, 6.07) is 4.76. The second-order valence-electron chi connectivity index (χ2n) is 2.83. The SMILES string of the molecule is N#Cc1cc(F)cc2scc(CBr)c12. The lowest BCUT2D eigenvalue weighted by atomic mass is 10.1. The summed E-state index contributed by atoms with van der Waals surface area (Å²) in [5.41, 5.74) is 1.46. The van der Waals surface area contributed by atoms with Crippen LogP contribution in [0.15, 0.2) is 17.5 Å².